The molecule has 1 aliphatic carbocycles. The fourth-order valence-electron chi connectivity index (χ4n) is 5.11. The van der Waals surface area contributed by atoms with Gasteiger partial charge in [-0.2, -0.15) is 0 Å². The van der Waals surface area contributed by atoms with Gasteiger partial charge in [0.15, 0.2) is 5.78 Å². The van der Waals surface area contributed by atoms with Crippen LogP contribution in [-0.4, -0.2) is 22.9 Å². The Morgan fingerprint density at radius 1 is 1.11 bits per heavy atom. The number of thioether (sulfide) groups is 1. The molecule has 2 N–H and O–H groups in total. The third-order valence-corrected chi connectivity index (χ3v) is 8.81. The number of pyridine rings is 1. The van der Waals surface area contributed by atoms with Crippen molar-refractivity contribution in [2.45, 2.75) is 42.7 Å². The molecule has 0 radical (unpaired) electrons. The average Bonchev–Trinajstić information content (AvgIpc) is 3.24. The number of dihydropyridines is 1. The summed E-state index contributed by atoms with van der Waals surface area (Å²) in [5.74, 6) is 0.0634. The van der Waals surface area contributed by atoms with Crippen molar-refractivity contribution in [3.8, 4) is 0 Å². The van der Waals surface area contributed by atoms with E-state index in [0.29, 0.717) is 17.8 Å². The Labute approximate surface area is 213 Å². The van der Waals surface area contributed by atoms with E-state index in [2.05, 4.69) is 40.7 Å². The monoisotopic (exact) mass is 501 g/mol. The smallest absolute Gasteiger partial charge is 0.255 e. The van der Waals surface area contributed by atoms with E-state index in [9.17, 15) is 9.59 Å². The zero-order valence-corrected chi connectivity index (χ0v) is 21.6. The highest BCUT2D eigenvalue weighted by Gasteiger charge is 2.42. The minimum Gasteiger partial charge on any atom is -0.362 e. The molecule has 0 saturated carbocycles. The van der Waals surface area contributed by atoms with E-state index in [1.807, 2.05) is 43.5 Å². The summed E-state index contributed by atoms with van der Waals surface area (Å²) in [4.78, 5) is 32.8. The van der Waals surface area contributed by atoms with Gasteiger partial charge in [0.1, 0.15) is 5.82 Å². The number of nitrogens with zero attached hydrogens (tertiary/aromatic N) is 1. The molecule has 5 nitrogen and oxygen atoms in total. The number of thiophene rings is 1. The first-order valence-electron chi connectivity index (χ1n) is 11.6. The van der Waals surface area contributed by atoms with Gasteiger partial charge in [-0.1, -0.05) is 36.4 Å². The summed E-state index contributed by atoms with van der Waals surface area (Å²) >= 11 is 3.37. The predicted octanol–water partition coefficient (Wildman–Crippen LogP) is 6.17. The molecule has 2 aliphatic rings. The molecule has 1 amide bonds. The van der Waals surface area contributed by atoms with Crippen molar-refractivity contribution in [2.75, 3.05) is 11.6 Å². The SMILES string of the molecule is CSc1sc(C)cc1[C@H]1C(C(=O)Nc2ccccn2)=C(C)NC2=C1C(=O)C[C@@H](c1ccccc1)C2. The molecule has 0 fully saturated rings. The number of nitrogens with one attached hydrogen (secondary N) is 2. The van der Waals surface area contributed by atoms with Crippen molar-refractivity contribution < 1.29 is 9.59 Å². The summed E-state index contributed by atoms with van der Waals surface area (Å²) in [6.45, 7) is 4.00. The maximum atomic E-state index is 13.8. The van der Waals surface area contributed by atoms with Crippen LogP contribution >= 0.6 is 23.1 Å². The Morgan fingerprint density at radius 2 is 1.89 bits per heavy atom. The van der Waals surface area contributed by atoms with Crippen LogP contribution in [0.5, 0.6) is 0 Å². The Kier molecular flexibility index (Phi) is 6.62. The van der Waals surface area contributed by atoms with Crippen molar-refractivity contribution >= 4 is 40.6 Å². The topological polar surface area (TPSA) is 71.1 Å². The minimum atomic E-state index is -0.411. The molecular formula is C28H27N3O2S2. The third-order valence-electron chi connectivity index (χ3n) is 6.59. The lowest BCUT2D eigenvalue weighted by Crippen LogP contribution is -2.37. The van der Waals surface area contributed by atoms with Crippen LogP contribution in [0.3, 0.4) is 0 Å². The van der Waals surface area contributed by atoms with Gasteiger partial charge in [-0.3, -0.25) is 9.59 Å². The molecule has 0 bridgehead atoms. The average molecular weight is 502 g/mol. The Bertz CT molecular complexity index is 1340. The second-order valence-electron chi connectivity index (χ2n) is 8.90. The van der Waals surface area contributed by atoms with Crippen LogP contribution in [0.1, 0.15) is 47.6 Å². The number of carbonyl (C=O) groups is 2. The van der Waals surface area contributed by atoms with Crippen LogP contribution in [-0.2, 0) is 9.59 Å². The van der Waals surface area contributed by atoms with E-state index >= 15 is 0 Å². The van der Waals surface area contributed by atoms with E-state index in [0.717, 1.165) is 38.0 Å². The van der Waals surface area contributed by atoms with Gasteiger partial charge in [0.25, 0.3) is 5.91 Å². The third kappa shape index (κ3) is 4.58. The number of benzene rings is 1. The number of aryl methyl sites for hydroxylation is 1. The van der Waals surface area contributed by atoms with E-state index in [4.69, 9.17) is 0 Å². The fraction of sp³-hybridized carbons (Fsp3) is 0.250. The van der Waals surface area contributed by atoms with E-state index in [-0.39, 0.29) is 17.6 Å². The number of Topliss-reactive ketones (excluding diaryl/α,β-unsaturated/α-hetero) is 1. The normalized spacial score (nSPS) is 19.9. The molecule has 2 atom stereocenters. The first-order chi connectivity index (χ1) is 17.0. The Morgan fingerprint density at radius 3 is 2.60 bits per heavy atom. The van der Waals surface area contributed by atoms with Gasteiger partial charge in [0.2, 0.25) is 0 Å². The number of rotatable bonds is 5. The zero-order valence-electron chi connectivity index (χ0n) is 19.9. The van der Waals surface area contributed by atoms with Crippen molar-refractivity contribution in [3.05, 3.63) is 99.3 Å². The van der Waals surface area contributed by atoms with E-state index < -0.39 is 5.92 Å². The maximum Gasteiger partial charge on any atom is 0.255 e. The summed E-state index contributed by atoms with van der Waals surface area (Å²) in [7, 11) is 0. The molecule has 0 spiro atoms. The highest BCUT2D eigenvalue weighted by molar-refractivity contribution is 8.00. The standard InChI is InChI=1S/C28H27N3O2S2/c1-16-13-20(28(34-3)35-16)25-24(27(33)31-23-11-7-8-12-29-23)17(2)30-21-14-19(15-22(32)26(21)25)18-9-5-4-6-10-18/h4-13,19,25,30H,14-15H2,1-3H3,(H,29,31,33)/t19-,25-/m0/s1. The Hall–Kier alpha value is -3.16. The predicted molar refractivity (Wildman–Crippen MR) is 143 cm³/mol. The number of carbonyl (C=O) groups excluding carboxylic acids is 2. The fourth-order valence-corrected chi connectivity index (χ4v) is 7.02. The maximum absolute atomic E-state index is 13.8. The number of aromatic nitrogens is 1. The molecule has 5 rings (SSSR count). The van der Waals surface area contributed by atoms with Gasteiger partial charge in [-0.15, -0.1) is 23.1 Å². The number of ketones is 1. The van der Waals surface area contributed by atoms with Crippen molar-refractivity contribution in [3.63, 3.8) is 0 Å². The molecule has 0 unspecified atom stereocenters. The second kappa shape index (κ2) is 9.84. The van der Waals surface area contributed by atoms with Crippen LogP contribution in [0.4, 0.5) is 5.82 Å². The van der Waals surface area contributed by atoms with Crippen LogP contribution in [0, 0.1) is 6.92 Å². The molecule has 2 aromatic heterocycles. The van der Waals surface area contributed by atoms with E-state index in [1.54, 1.807) is 35.4 Å². The summed E-state index contributed by atoms with van der Waals surface area (Å²) in [6, 6.07) is 17.8. The number of hydrogen-bond acceptors (Lipinski definition) is 6. The van der Waals surface area contributed by atoms with Crippen LogP contribution < -0.4 is 10.6 Å². The summed E-state index contributed by atoms with van der Waals surface area (Å²) < 4.78 is 1.13. The molecule has 35 heavy (non-hydrogen) atoms. The van der Waals surface area contributed by atoms with Crippen molar-refractivity contribution in [2.24, 2.45) is 0 Å². The number of amides is 1. The van der Waals surface area contributed by atoms with Gasteiger partial charge in [0, 0.05) is 46.0 Å². The molecule has 178 valence electrons. The van der Waals surface area contributed by atoms with Crippen LogP contribution in [0.25, 0.3) is 0 Å². The highest BCUT2D eigenvalue weighted by atomic mass is 32.2. The van der Waals surface area contributed by atoms with Crippen molar-refractivity contribution in [1.82, 2.24) is 10.3 Å². The molecule has 7 heteroatoms. The number of anilines is 1. The first-order valence-corrected chi connectivity index (χ1v) is 13.7. The zero-order chi connectivity index (χ0) is 24.5. The first kappa shape index (κ1) is 23.6. The summed E-state index contributed by atoms with van der Waals surface area (Å²) in [6.07, 6.45) is 4.87. The lowest BCUT2D eigenvalue weighted by molar-refractivity contribution is -0.116. The van der Waals surface area contributed by atoms with E-state index in [1.165, 1.54) is 5.56 Å². The lowest BCUT2D eigenvalue weighted by atomic mass is 9.72. The minimum absolute atomic E-state index is 0.101. The number of hydrogen-bond donors (Lipinski definition) is 2. The lowest BCUT2D eigenvalue weighted by Gasteiger charge is -2.37. The van der Waals surface area contributed by atoms with Gasteiger partial charge in [0.05, 0.1) is 4.21 Å². The molecule has 3 heterocycles. The summed E-state index contributed by atoms with van der Waals surface area (Å²) in [5.41, 5.74) is 5.21. The molecule has 1 aliphatic heterocycles. The molecule has 1 aromatic carbocycles. The van der Waals surface area contributed by atoms with Gasteiger partial charge in [-0.05, 0) is 61.8 Å². The number of allylic oxidation sites excluding steroid dienone is 3. The van der Waals surface area contributed by atoms with Crippen LogP contribution in [0.15, 0.2) is 87.5 Å². The molecule has 3 aromatic rings. The summed E-state index contributed by atoms with van der Waals surface area (Å²) in [5, 5.41) is 6.41. The highest BCUT2D eigenvalue weighted by Crippen LogP contribution is 2.49. The molecular weight excluding hydrogens is 474 g/mol. The van der Waals surface area contributed by atoms with Gasteiger partial charge < -0.3 is 10.6 Å². The van der Waals surface area contributed by atoms with Gasteiger partial charge in [-0.25, -0.2) is 4.98 Å². The second-order valence-corrected chi connectivity index (χ2v) is 11.2. The van der Waals surface area contributed by atoms with Crippen molar-refractivity contribution in [1.29, 1.82) is 0 Å². The molecule has 0 saturated heterocycles. The largest absolute Gasteiger partial charge is 0.362 e. The Balaban J connectivity index is 1.60. The quantitative estimate of drug-likeness (QED) is 0.409. The van der Waals surface area contributed by atoms with Gasteiger partial charge >= 0.3 is 0 Å². The van der Waals surface area contributed by atoms with Crippen LogP contribution in [0.2, 0.25) is 0 Å².